The lowest BCUT2D eigenvalue weighted by Gasteiger charge is -2.18. The molecule has 1 aliphatic rings. The second-order valence-electron chi connectivity index (χ2n) is 7.08. The lowest BCUT2D eigenvalue weighted by Crippen LogP contribution is -2.25. The van der Waals surface area contributed by atoms with Gasteiger partial charge in [0.05, 0.1) is 24.2 Å². The van der Waals surface area contributed by atoms with Crippen LogP contribution in [0.2, 0.25) is 0 Å². The fourth-order valence-electron chi connectivity index (χ4n) is 3.49. The van der Waals surface area contributed by atoms with Crippen molar-refractivity contribution in [3.05, 3.63) is 28.5 Å². The summed E-state index contributed by atoms with van der Waals surface area (Å²) in [7, 11) is 0. The van der Waals surface area contributed by atoms with Gasteiger partial charge >= 0.3 is 0 Å². The Morgan fingerprint density at radius 2 is 2.19 bits per heavy atom. The quantitative estimate of drug-likeness (QED) is 0.659. The third-order valence-electron chi connectivity index (χ3n) is 4.63. The van der Waals surface area contributed by atoms with Crippen LogP contribution in [0.1, 0.15) is 26.6 Å². The Hall–Kier alpha value is -1.74. The Balaban J connectivity index is 1.88. The summed E-state index contributed by atoms with van der Waals surface area (Å²) in [6.07, 6.45) is -0.0716. The number of rotatable bonds is 5. The van der Waals surface area contributed by atoms with Gasteiger partial charge in [-0.1, -0.05) is 15.9 Å². The molecule has 3 heterocycles. The number of hydrogen-bond acceptors (Lipinski definition) is 6. The highest BCUT2D eigenvalue weighted by Crippen LogP contribution is 2.32. The van der Waals surface area contributed by atoms with Gasteiger partial charge in [0, 0.05) is 16.5 Å². The molecule has 0 saturated carbocycles. The average Bonchev–Trinajstić information content (AvgIpc) is 3.14. The van der Waals surface area contributed by atoms with E-state index in [9.17, 15) is 0 Å². The van der Waals surface area contributed by atoms with Crippen LogP contribution in [0, 0.1) is 0 Å². The summed E-state index contributed by atoms with van der Waals surface area (Å²) >= 11 is 3.50. The maximum absolute atomic E-state index is 6.24. The molecule has 3 aromatic rings. The third kappa shape index (κ3) is 3.54. The maximum atomic E-state index is 6.24. The van der Waals surface area contributed by atoms with Crippen LogP contribution < -0.4 is 5.73 Å². The van der Waals surface area contributed by atoms with Gasteiger partial charge in [-0.05, 0) is 39.0 Å². The number of benzene rings is 1. The average molecular weight is 435 g/mol. The lowest BCUT2D eigenvalue weighted by atomic mass is 10.2. The smallest absolute Gasteiger partial charge is 0.163 e. The van der Waals surface area contributed by atoms with E-state index in [-0.39, 0.29) is 6.10 Å². The first kappa shape index (κ1) is 18.6. The predicted molar refractivity (Wildman–Crippen MR) is 107 cm³/mol. The number of anilines is 1. The Labute approximate surface area is 165 Å². The number of halogens is 1. The van der Waals surface area contributed by atoms with Crippen molar-refractivity contribution in [3.63, 3.8) is 0 Å². The van der Waals surface area contributed by atoms with Crippen LogP contribution >= 0.6 is 15.9 Å². The molecule has 0 unspecified atom stereocenters. The van der Waals surface area contributed by atoms with Gasteiger partial charge < -0.3 is 24.5 Å². The van der Waals surface area contributed by atoms with Gasteiger partial charge in [-0.2, -0.15) is 0 Å². The second-order valence-corrected chi connectivity index (χ2v) is 8.00. The Morgan fingerprint density at radius 1 is 1.37 bits per heavy atom. The standard InChI is InChI=1S/C19H23BrN4O3/c1-4-25-10-15-23-16-17(24(15)8-12-9-26-19(2,3)27-12)13-6-5-11(20)7-14(13)22-18(16)21/h5-7,12H,4,8-10H2,1-3H3,(H2,21,22)/t12-/m0/s1. The van der Waals surface area contributed by atoms with Crippen LogP contribution in [0.5, 0.6) is 0 Å². The van der Waals surface area contributed by atoms with Crippen molar-refractivity contribution in [1.82, 2.24) is 14.5 Å². The van der Waals surface area contributed by atoms with E-state index < -0.39 is 5.79 Å². The first-order valence-corrected chi connectivity index (χ1v) is 9.80. The summed E-state index contributed by atoms with van der Waals surface area (Å²) in [6.45, 7) is 7.97. The van der Waals surface area contributed by atoms with Gasteiger partial charge in [-0.15, -0.1) is 0 Å². The molecule has 2 aromatic heterocycles. The van der Waals surface area contributed by atoms with Crippen molar-refractivity contribution in [2.45, 2.75) is 45.8 Å². The molecule has 1 fully saturated rings. The third-order valence-corrected chi connectivity index (χ3v) is 5.13. The van der Waals surface area contributed by atoms with Crippen molar-refractivity contribution in [2.24, 2.45) is 0 Å². The number of fused-ring (bicyclic) bond motifs is 3. The Bertz CT molecular complexity index is 1000. The summed E-state index contributed by atoms with van der Waals surface area (Å²) in [6, 6.07) is 5.99. The highest BCUT2D eigenvalue weighted by Gasteiger charge is 2.33. The first-order valence-electron chi connectivity index (χ1n) is 9.01. The van der Waals surface area contributed by atoms with Crippen molar-refractivity contribution in [3.8, 4) is 0 Å². The highest BCUT2D eigenvalue weighted by atomic mass is 79.9. The SMILES string of the molecule is CCOCc1nc2c(N)nc3cc(Br)ccc3c2n1C[C@H]1COC(C)(C)O1. The van der Waals surface area contributed by atoms with E-state index in [1.165, 1.54) is 0 Å². The first-order chi connectivity index (χ1) is 12.9. The molecule has 0 aliphatic carbocycles. The van der Waals surface area contributed by atoms with E-state index in [0.29, 0.717) is 37.7 Å². The molecule has 1 saturated heterocycles. The minimum absolute atomic E-state index is 0.0716. The van der Waals surface area contributed by atoms with Gasteiger partial charge in [0.1, 0.15) is 24.1 Å². The molecular formula is C19H23BrN4O3. The molecule has 2 N–H and O–H groups in total. The second kappa shape index (κ2) is 7.01. The number of nitrogen functional groups attached to an aromatic ring is 1. The van der Waals surface area contributed by atoms with Gasteiger partial charge in [0.15, 0.2) is 11.6 Å². The lowest BCUT2D eigenvalue weighted by molar-refractivity contribution is -0.139. The zero-order valence-electron chi connectivity index (χ0n) is 15.7. The molecule has 0 radical (unpaired) electrons. The van der Waals surface area contributed by atoms with Crippen molar-refractivity contribution < 1.29 is 14.2 Å². The van der Waals surface area contributed by atoms with Crippen LogP contribution in [0.4, 0.5) is 5.82 Å². The fraction of sp³-hybridized carbons (Fsp3) is 0.474. The molecule has 4 rings (SSSR count). The predicted octanol–water partition coefficient (Wildman–Crippen LogP) is 3.62. The molecule has 1 aliphatic heterocycles. The topological polar surface area (TPSA) is 84.4 Å². The van der Waals surface area contributed by atoms with Gasteiger partial charge in [0.25, 0.3) is 0 Å². The molecule has 27 heavy (non-hydrogen) atoms. The number of imidazole rings is 1. The molecule has 0 spiro atoms. The van der Waals surface area contributed by atoms with Crippen LogP contribution in [0.25, 0.3) is 21.9 Å². The van der Waals surface area contributed by atoms with Crippen LogP contribution in [-0.2, 0) is 27.4 Å². The Morgan fingerprint density at radius 3 is 2.89 bits per heavy atom. The number of nitrogens with zero attached hydrogens (tertiary/aromatic N) is 3. The van der Waals surface area contributed by atoms with Gasteiger partial charge in [-0.25, -0.2) is 9.97 Å². The molecule has 0 bridgehead atoms. The minimum atomic E-state index is -0.575. The molecule has 1 atom stereocenters. The number of ether oxygens (including phenoxy) is 3. The minimum Gasteiger partial charge on any atom is -0.382 e. The molecule has 7 nitrogen and oxygen atoms in total. The summed E-state index contributed by atoms with van der Waals surface area (Å²) in [4.78, 5) is 9.27. The monoisotopic (exact) mass is 434 g/mol. The highest BCUT2D eigenvalue weighted by molar-refractivity contribution is 9.10. The van der Waals surface area contributed by atoms with Crippen molar-refractivity contribution in [2.75, 3.05) is 18.9 Å². The number of pyridine rings is 1. The van der Waals surface area contributed by atoms with Crippen LogP contribution in [0.15, 0.2) is 22.7 Å². The molecule has 0 amide bonds. The van der Waals surface area contributed by atoms with E-state index in [0.717, 1.165) is 26.7 Å². The summed E-state index contributed by atoms with van der Waals surface area (Å²) in [5, 5.41) is 0.996. The van der Waals surface area contributed by atoms with Gasteiger partial charge in [0.2, 0.25) is 0 Å². The summed E-state index contributed by atoms with van der Waals surface area (Å²) in [5.41, 5.74) is 8.70. The van der Waals surface area contributed by atoms with E-state index >= 15 is 0 Å². The zero-order chi connectivity index (χ0) is 19.2. The number of hydrogen-bond donors (Lipinski definition) is 1. The molecular weight excluding hydrogens is 412 g/mol. The Kier molecular flexibility index (Phi) is 4.84. The van der Waals surface area contributed by atoms with E-state index in [1.54, 1.807) is 0 Å². The largest absolute Gasteiger partial charge is 0.382 e. The van der Waals surface area contributed by atoms with Crippen LogP contribution in [-0.4, -0.2) is 39.6 Å². The van der Waals surface area contributed by atoms with Gasteiger partial charge in [-0.3, -0.25) is 0 Å². The maximum Gasteiger partial charge on any atom is 0.163 e. The normalized spacial score (nSPS) is 19.3. The fourth-order valence-corrected chi connectivity index (χ4v) is 3.84. The molecule has 144 valence electrons. The zero-order valence-corrected chi connectivity index (χ0v) is 17.2. The number of nitrogens with two attached hydrogens (primary N) is 1. The molecule has 1 aromatic carbocycles. The van der Waals surface area contributed by atoms with Crippen molar-refractivity contribution >= 4 is 43.7 Å². The molecule has 8 heteroatoms. The number of aromatic nitrogens is 3. The van der Waals surface area contributed by atoms with E-state index in [4.69, 9.17) is 24.9 Å². The van der Waals surface area contributed by atoms with Crippen molar-refractivity contribution in [1.29, 1.82) is 0 Å². The van der Waals surface area contributed by atoms with E-state index in [1.807, 2.05) is 39.0 Å². The summed E-state index contributed by atoms with van der Waals surface area (Å²) in [5.74, 6) is 0.648. The van der Waals surface area contributed by atoms with Crippen LogP contribution in [0.3, 0.4) is 0 Å². The summed E-state index contributed by atoms with van der Waals surface area (Å²) < 4.78 is 20.5. The van der Waals surface area contributed by atoms with E-state index in [2.05, 4.69) is 25.5 Å².